The molecular weight excluding hydrogens is 399 g/mol. The van der Waals surface area contributed by atoms with Gasteiger partial charge in [-0.2, -0.15) is 0 Å². The number of sulfone groups is 1. The van der Waals surface area contributed by atoms with E-state index in [-0.39, 0.29) is 22.7 Å². The standard InChI is InChI=1S/C13H17Br2FO2S/c1-2-19(17,18)8-7-13(9-14,10-15)11-3-5-12(16)6-4-11/h3-6H,2,7-10H2,1H3. The number of benzene rings is 1. The lowest BCUT2D eigenvalue weighted by molar-refractivity contribution is 0.521. The summed E-state index contributed by atoms with van der Waals surface area (Å²) in [6, 6.07) is 6.25. The molecule has 108 valence electrons. The van der Waals surface area contributed by atoms with E-state index < -0.39 is 9.84 Å². The minimum atomic E-state index is -3.00. The van der Waals surface area contributed by atoms with Crippen molar-refractivity contribution in [1.29, 1.82) is 0 Å². The summed E-state index contributed by atoms with van der Waals surface area (Å²) in [4.78, 5) is 0. The molecule has 2 nitrogen and oxygen atoms in total. The zero-order chi connectivity index (χ0) is 14.5. The SMILES string of the molecule is CCS(=O)(=O)CCC(CBr)(CBr)c1ccc(F)cc1. The Morgan fingerprint density at radius 2 is 1.68 bits per heavy atom. The first-order valence-corrected chi connectivity index (χ1v) is 10.0. The largest absolute Gasteiger partial charge is 0.229 e. The molecule has 19 heavy (non-hydrogen) atoms. The molecule has 0 saturated heterocycles. The van der Waals surface area contributed by atoms with E-state index in [0.717, 1.165) is 5.56 Å². The van der Waals surface area contributed by atoms with Crippen molar-refractivity contribution in [2.24, 2.45) is 0 Å². The van der Waals surface area contributed by atoms with Crippen LogP contribution in [0.5, 0.6) is 0 Å². The zero-order valence-corrected chi connectivity index (χ0v) is 14.7. The molecule has 0 aliphatic rings. The lowest BCUT2D eigenvalue weighted by atomic mass is 9.82. The van der Waals surface area contributed by atoms with E-state index in [0.29, 0.717) is 17.1 Å². The lowest BCUT2D eigenvalue weighted by Gasteiger charge is -2.30. The highest BCUT2D eigenvalue weighted by Gasteiger charge is 2.31. The van der Waals surface area contributed by atoms with Crippen molar-refractivity contribution in [3.63, 3.8) is 0 Å². The van der Waals surface area contributed by atoms with Crippen LogP contribution in [0, 0.1) is 5.82 Å². The Morgan fingerprint density at radius 1 is 1.16 bits per heavy atom. The van der Waals surface area contributed by atoms with E-state index in [1.807, 2.05) is 0 Å². The summed E-state index contributed by atoms with van der Waals surface area (Å²) in [5.74, 6) is -0.00206. The highest BCUT2D eigenvalue weighted by molar-refractivity contribution is 9.09. The number of hydrogen-bond donors (Lipinski definition) is 0. The second-order valence-corrected chi connectivity index (χ2v) is 8.14. The average molecular weight is 416 g/mol. The van der Waals surface area contributed by atoms with Gasteiger partial charge in [0, 0.05) is 21.8 Å². The van der Waals surface area contributed by atoms with Gasteiger partial charge >= 0.3 is 0 Å². The van der Waals surface area contributed by atoms with E-state index in [4.69, 9.17) is 0 Å². The van der Waals surface area contributed by atoms with Crippen molar-refractivity contribution in [1.82, 2.24) is 0 Å². The molecule has 1 aromatic rings. The fourth-order valence-electron chi connectivity index (χ4n) is 1.77. The van der Waals surface area contributed by atoms with Crippen LogP contribution in [0.2, 0.25) is 0 Å². The molecule has 6 heteroatoms. The van der Waals surface area contributed by atoms with Crippen LogP contribution in [0.1, 0.15) is 18.9 Å². The van der Waals surface area contributed by atoms with Crippen LogP contribution < -0.4 is 0 Å². The topological polar surface area (TPSA) is 34.1 Å². The van der Waals surface area contributed by atoms with Crippen molar-refractivity contribution in [2.75, 3.05) is 22.2 Å². The third kappa shape index (κ3) is 4.53. The van der Waals surface area contributed by atoms with Crippen molar-refractivity contribution >= 4 is 41.7 Å². The Kier molecular flexibility index (Phi) is 6.47. The van der Waals surface area contributed by atoms with E-state index >= 15 is 0 Å². The van der Waals surface area contributed by atoms with Gasteiger partial charge in [0.1, 0.15) is 15.7 Å². The summed E-state index contributed by atoms with van der Waals surface area (Å²) < 4.78 is 36.3. The zero-order valence-electron chi connectivity index (χ0n) is 10.7. The van der Waals surface area contributed by atoms with Gasteiger partial charge in [-0.05, 0) is 24.1 Å². The molecule has 1 rings (SSSR count). The second kappa shape index (κ2) is 7.18. The molecule has 0 atom stereocenters. The van der Waals surface area contributed by atoms with Gasteiger partial charge in [-0.15, -0.1) is 0 Å². The Hall–Kier alpha value is 0.0600. The predicted octanol–water partition coefficient (Wildman–Crippen LogP) is 3.68. The van der Waals surface area contributed by atoms with Crippen LogP contribution in [0.3, 0.4) is 0 Å². The van der Waals surface area contributed by atoms with Gasteiger partial charge in [-0.1, -0.05) is 50.9 Å². The normalized spacial score (nSPS) is 12.6. The molecular formula is C13H17Br2FO2S. The van der Waals surface area contributed by atoms with Crippen LogP contribution in [0.4, 0.5) is 4.39 Å². The first-order valence-electron chi connectivity index (χ1n) is 5.97. The van der Waals surface area contributed by atoms with Crippen LogP contribution in [-0.4, -0.2) is 30.6 Å². The molecule has 0 aromatic heterocycles. The third-order valence-corrected chi connectivity index (χ3v) is 7.15. The van der Waals surface area contributed by atoms with Crippen molar-refractivity contribution in [3.05, 3.63) is 35.6 Å². The second-order valence-electron chi connectivity index (χ2n) is 4.54. The maximum atomic E-state index is 13.0. The van der Waals surface area contributed by atoms with E-state index in [9.17, 15) is 12.8 Å². The monoisotopic (exact) mass is 414 g/mol. The fourth-order valence-corrected chi connectivity index (χ4v) is 4.89. The Morgan fingerprint density at radius 3 is 2.11 bits per heavy atom. The summed E-state index contributed by atoms with van der Waals surface area (Å²) in [6.45, 7) is 1.65. The molecule has 0 spiro atoms. The fraction of sp³-hybridized carbons (Fsp3) is 0.538. The number of rotatable bonds is 7. The average Bonchev–Trinajstić information content (AvgIpc) is 2.42. The highest BCUT2D eigenvalue weighted by atomic mass is 79.9. The van der Waals surface area contributed by atoms with Crippen LogP contribution >= 0.6 is 31.9 Å². The highest BCUT2D eigenvalue weighted by Crippen LogP contribution is 2.33. The number of alkyl halides is 2. The summed E-state index contributed by atoms with van der Waals surface area (Å²) in [5, 5.41) is 1.24. The third-order valence-electron chi connectivity index (χ3n) is 3.30. The maximum absolute atomic E-state index is 13.0. The molecule has 0 heterocycles. The van der Waals surface area contributed by atoms with Gasteiger partial charge in [-0.3, -0.25) is 0 Å². The van der Waals surface area contributed by atoms with Gasteiger partial charge in [0.05, 0.1) is 5.75 Å². The van der Waals surface area contributed by atoms with Gasteiger partial charge in [0.15, 0.2) is 0 Å². The predicted molar refractivity (Wildman–Crippen MR) is 84.6 cm³/mol. The van der Waals surface area contributed by atoms with Gasteiger partial charge in [0.25, 0.3) is 0 Å². The Bertz CT molecular complexity index is 496. The van der Waals surface area contributed by atoms with Crippen molar-refractivity contribution < 1.29 is 12.8 Å². The molecule has 0 unspecified atom stereocenters. The van der Waals surface area contributed by atoms with Gasteiger partial charge in [-0.25, -0.2) is 12.8 Å². The van der Waals surface area contributed by atoms with Crippen LogP contribution in [0.25, 0.3) is 0 Å². The minimum Gasteiger partial charge on any atom is -0.229 e. The van der Waals surface area contributed by atoms with E-state index in [1.54, 1.807) is 19.1 Å². The molecule has 1 aromatic carbocycles. The summed E-state index contributed by atoms with van der Waals surface area (Å²) >= 11 is 6.92. The van der Waals surface area contributed by atoms with E-state index in [1.165, 1.54) is 12.1 Å². The molecule has 0 saturated carbocycles. The van der Waals surface area contributed by atoms with Gasteiger partial charge in [0.2, 0.25) is 0 Å². The molecule has 0 fully saturated rings. The Balaban J connectivity index is 3.00. The molecule has 0 aliphatic carbocycles. The Labute approximate surface area is 131 Å². The lowest BCUT2D eigenvalue weighted by Crippen LogP contribution is -2.33. The quantitative estimate of drug-likeness (QED) is 0.636. The van der Waals surface area contributed by atoms with Crippen LogP contribution in [0.15, 0.2) is 24.3 Å². The summed E-state index contributed by atoms with van der Waals surface area (Å²) in [6.07, 6.45) is 0.505. The first kappa shape index (κ1) is 17.1. The summed E-state index contributed by atoms with van der Waals surface area (Å²) in [7, 11) is -3.00. The number of hydrogen-bond acceptors (Lipinski definition) is 2. The summed E-state index contributed by atoms with van der Waals surface area (Å²) in [5.41, 5.74) is 0.601. The first-order chi connectivity index (χ1) is 8.89. The van der Waals surface area contributed by atoms with Crippen molar-refractivity contribution in [3.8, 4) is 0 Å². The number of halogens is 3. The van der Waals surface area contributed by atoms with Crippen LogP contribution in [-0.2, 0) is 15.3 Å². The van der Waals surface area contributed by atoms with Crippen molar-refractivity contribution in [2.45, 2.75) is 18.8 Å². The molecule has 0 radical (unpaired) electrons. The maximum Gasteiger partial charge on any atom is 0.150 e. The molecule has 0 bridgehead atoms. The molecule has 0 N–H and O–H groups in total. The smallest absolute Gasteiger partial charge is 0.150 e. The molecule has 0 aliphatic heterocycles. The molecule has 0 amide bonds. The minimum absolute atomic E-state index is 0.137. The van der Waals surface area contributed by atoms with Gasteiger partial charge < -0.3 is 0 Å². The van der Waals surface area contributed by atoms with E-state index in [2.05, 4.69) is 31.9 Å².